The van der Waals surface area contributed by atoms with Crippen molar-refractivity contribution in [2.75, 3.05) is 0 Å². The summed E-state index contributed by atoms with van der Waals surface area (Å²) in [6.07, 6.45) is 5.39. The predicted molar refractivity (Wildman–Crippen MR) is 127 cm³/mol. The van der Waals surface area contributed by atoms with Crippen LogP contribution in [0.5, 0.6) is 0 Å². The fourth-order valence-electron chi connectivity index (χ4n) is 3.81. The van der Waals surface area contributed by atoms with E-state index in [2.05, 4.69) is 21.6 Å². The van der Waals surface area contributed by atoms with Gasteiger partial charge in [0.2, 0.25) is 5.17 Å². The van der Waals surface area contributed by atoms with Crippen LogP contribution >= 0.6 is 11.8 Å². The van der Waals surface area contributed by atoms with Crippen molar-refractivity contribution in [3.8, 4) is 0 Å². The third-order valence-electron chi connectivity index (χ3n) is 5.35. The molecule has 5 rings (SSSR count). The van der Waals surface area contributed by atoms with Gasteiger partial charge in [-0.05, 0) is 54.4 Å². The van der Waals surface area contributed by atoms with Crippen molar-refractivity contribution >= 4 is 50.7 Å². The van der Waals surface area contributed by atoms with Crippen LogP contribution in [0.3, 0.4) is 0 Å². The summed E-state index contributed by atoms with van der Waals surface area (Å²) in [6.45, 7) is 2.62. The highest BCUT2D eigenvalue weighted by Crippen LogP contribution is 2.31. The highest BCUT2D eigenvalue weighted by atomic mass is 32.2. The van der Waals surface area contributed by atoms with Crippen molar-refractivity contribution in [3.05, 3.63) is 77.2 Å². The lowest BCUT2D eigenvalue weighted by Gasteiger charge is -2.20. The minimum Gasteiger partial charge on any atom is -0.342 e. The lowest BCUT2D eigenvalue weighted by Crippen LogP contribution is -2.35. The number of benzene rings is 2. The maximum Gasteiger partial charge on any atom is 0.283 e. The second kappa shape index (κ2) is 8.20. The molecule has 0 bridgehead atoms. The van der Waals surface area contributed by atoms with Crippen LogP contribution in [0.25, 0.3) is 17.0 Å². The van der Waals surface area contributed by atoms with E-state index in [4.69, 9.17) is 5.41 Å². The number of carbonyl (C=O) groups is 1. The van der Waals surface area contributed by atoms with Crippen molar-refractivity contribution in [1.82, 2.24) is 9.58 Å². The van der Waals surface area contributed by atoms with Gasteiger partial charge in [0.1, 0.15) is 10.9 Å². The molecule has 0 radical (unpaired) electrons. The quantitative estimate of drug-likeness (QED) is 0.545. The van der Waals surface area contributed by atoms with Crippen LogP contribution in [0.1, 0.15) is 30.9 Å². The molecule has 1 N–H and O–H groups in total. The summed E-state index contributed by atoms with van der Waals surface area (Å²) in [4.78, 5) is 16.9. The van der Waals surface area contributed by atoms with E-state index in [1.165, 1.54) is 28.9 Å². The molecule has 0 saturated carbocycles. The fraction of sp³-hybridized carbons (Fsp3) is 0.167. The third-order valence-corrected chi connectivity index (χ3v) is 6.31. The summed E-state index contributed by atoms with van der Waals surface area (Å²) in [6, 6.07) is 14.3. The predicted octanol–water partition coefficient (Wildman–Crippen LogP) is 5.25. The Kier molecular flexibility index (Phi) is 5.22. The topological polar surface area (TPSA) is 73.8 Å². The van der Waals surface area contributed by atoms with Crippen LogP contribution in [-0.2, 0) is 11.3 Å². The molecule has 2 aliphatic rings. The molecule has 160 valence electrons. The highest BCUT2D eigenvalue weighted by molar-refractivity contribution is 8.26. The van der Waals surface area contributed by atoms with Crippen LogP contribution in [-0.4, -0.2) is 31.5 Å². The van der Waals surface area contributed by atoms with Gasteiger partial charge in [0.15, 0.2) is 5.84 Å². The number of aliphatic imine (C=N–C) groups is 1. The number of fused-ring (bicyclic) bond motifs is 2. The maximum atomic E-state index is 13.3. The molecule has 8 heteroatoms. The van der Waals surface area contributed by atoms with E-state index < -0.39 is 5.91 Å². The summed E-state index contributed by atoms with van der Waals surface area (Å²) in [5.74, 6) is -0.665. The molecule has 0 atom stereocenters. The molecule has 0 unspecified atom stereocenters. The van der Waals surface area contributed by atoms with Gasteiger partial charge in [0.05, 0.1) is 5.57 Å². The molecular weight excluding hydrogens is 425 g/mol. The molecule has 3 heterocycles. The SMILES string of the molecule is CCCC1=NN2C(=N)/C(=C\c3cn(Cc4ccc(F)cc4)c4ccccc34)C(=O)N=C2S1. The van der Waals surface area contributed by atoms with Gasteiger partial charge >= 0.3 is 0 Å². The van der Waals surface area contributed by atoms with E-state index in [0.717, 1.165) is 39.9 Å². The van der Waals surface area contributed by atoms with Gasteiger partial charge in [-0.1, -0.05) is 37.3 Å². The Bertz CT molecular complexity index is 1340. The molecule has 2 aromatic carbocycles. The van der Waals surface area contributed by atoms with E-state index in [0.29, 0.717) is 11.7 Å². The Morgan fingerprint density at radius 1 is 1.16 bits per heavy atom. The van der Waals surface area contributed by atoms with Crippen LogP contribution < -0.4 is 0 Å². The van der Waals surface area contributed by atoms with Gasteiger partial charge < -0.3 is 4.57 Å². The summed E-state index contributed by atoms with van der Waals surface area (Å²) in [5, 5.41) is 16.8. The Morgan fingerprint density at radius 3 is 2.72 bits per heavy atom. The number of rotatable bonds is 5. The number of nitrogens with zero attached hydrogens (tertiary/aromatic N) is 4. The second-order valence-corrected chi connectivity index (χ2v) is 8.66. The molecule has 6 nitrogen and oxygen atoms in total. The lowest BCUT2D eigenvalue weighted by molar-refractivity contribution is -0.114. The first kappa shape index (κ1) is 20.4. The van der Waals surface area contributed by atoms with Crippen LogP contribution in [0, 0.1) is 11.2 Å². The number of nitrogens with one attached hydrogen (secondary N) is 1. The van der Waals surface area contributed by atoms with Crippen molar-refractivity contribution < 1.29 is 9.18 Å². The van der Waals surface area contributed by atoms with Crippen molar-refractivity contribution in [3.63, 3.8) is 0 Å². The van der Waals surface area contributed by atoms with Crippen LogP contribution in [0.2, 0.25) is 0 Å². The van der Waals surface area contributed by atoms with E-state index >= 15 is 0 Å². The number of hydrazone groups is 1. The third kappa shape index (κ3) is 3.67. The summed E-state index contributed by atoms with van der Waals surface area (Å²) in [7, 11) is 0. The maximum absolute atomic E-state index is 13.3. The first-order chi connectivity index (χ1) is 15.5. The van der Waals surface area contributed by atoms with Crippen molar-refractivity contribution in [2.45, 2.75) is 26.3 Å². The molecule has 0 spiro atoms. The summed E-state index contributed by atoms with van der Waals surface area (Å²) >= 11 is 1.35. The average molecular weight is 446 g/mol. The number of amidine groups is 2. The van der Waals surface area contributed by atoms with E-state index in [1.54, 1.807) is 18.2 Å². The van der Waals surface area contributed by atoms with E-state index in [-0.39, 0.29) is 17.2 Å². The molecule has 1 amide bonds. The average Bonchev–Trinajstić information content (AvgIpc) is 3.34. The van der Waals surface area contributed by atoms with Crippen LogP contribution in [0.15, 0.2) is 70.4 Å². The zero-order valence-electron chi connectivity index (χ0n) is 17.4. The van der Waals surface area contributed by atoms with Crippen molar-refractivity contribution in [2.24, 2.45) is 10.1 Å². The highest BCUT2D eigenvalue weighted by Gasteiger charge is 2.35. The molecule has 0 aliphatic carbocycles. The smallest absolute Gasteiger partial charge is 0.283 e. The minimum atomic E-state index is -0.433. The zero-order valence-corrected chi connectivity index (χ0v) is 18.2. The largest absolute Gasteiger partial charge is 0.342 e. The van der Waals surface area contributed by atoms with Gasteiger partial charge in [-0.2, -0.15) is 15.1 Å². The number of aromatic nitrogens is 1. The summed E-state index contributed by atoms with van der Waals surface area (Å²) in [5.41, 5.74) is 2.98. The first-order valence-electron chi connectivity index (χ1n) is 10.3. The minimum absolute atomic E-state index is 0.0361. The monoisotopic (exact) mass is 445 g/mol. The number of carbonyl (C=O) groups excluding carboxylic acids is 1. The number of amides is 1. The Labute approximate surface area is 188 Å². The molecule has 2 aliphatic heterocycles. The van der Waals surface area contributed by atoms with Gasteiger partial charge in [-0.15, -0.1) is 0 Å². The standard InChI is InChI=1S/C24H20FN5OS/c1-2-5-21-28-30-22(26)19(23(31)27-24(30)32-21)12-16-14-29(20-7-4-3-6-18(16)20)13-15-8-10-17(25)11-9-15/h3-4,6-12,14,26H,2,5,13H2,1H3/b19-12+,26-22?. The molecule has 32 heavy (non-hydrogen) atoms. The number of hydrogen-bond acceptors (Lipinski definition) is 4. The Balaban J connectivity index is 1.53. The van der Waals surface area contributed by atoms with Gasteiger partial charge in [0, 0.05) is 29.2 Å². The van der Waals surface area contributed by atoms with E-state index in [1.807, 2.05) is 30.5 Å². The van der Waals surface area contributed by atoms with Crippen LogP contribution in [0.4, 0.5) is 4.39 Å². The normalized spacial score (nSPS) is 17.2. The number of thioether (sulfide) groups is 1. The van der Waals surface area contributed by atoms with Crippen molar-refractivity contribution in [1.29, 1.82) is 5.41 Å². The molecule has 0 fully saturated rings. The number of halogens is 1. The lowest BCUT2D eigenvalue weighted by atomic mass is 10.1. The number of para-hydroxylation sites is 1. The van der Waals surface area contributed by atoms with Gasteiger partial charge in [-0.25, -0.2) is 4.39 Å². The molecule has 1 aromatic heterocycles. The first-order valence-corrected chi connectivity index (χ1v) is 11.2. The van der Waals surface area contributed by atoms with E-state index in [9.17, 15) is 9.18 Å². The number of hydrogen-bond donors (Lipinski definition) is 1. The zero-order chi connectivity index (χ0) is 22.2. The molecule has 3 aromatic rings. The Morgan fingerprint density at radius 2 is 1.94 bits per heavy atom. The van der Waals surface area contributed by atoms with Gasteiger partial charge in [-0.3, -0.25) is 10.2 Å². The summed E-state index contributed by atoms with van der Waals surface area (Å²) < 4.78 is 15.3. The molecular formula is C24H20FN5OS. The van der Waals surface area contributed by atoms with Gasteiger partial charge in [0.25, 0.3) is 5.91 Å². The Hall–Kier alpha value is -3.52. The second-order valence-electron chi connectivity index (χ2n) is 7.62. The fourth-order valence-corrected chi connectivity index (χ4v) is 4.80. The molecule has 0 saturated heterocycles.